The van der Waals surface area contributed by atoms with Crippen molar-refractivity contribution in [3.05, 3.63) is 16.8 Å². The largest absolute Gasteiger partial charge is 0.481 e. The van der Waals surface area contributed by atoms with Gasteiger partial charge in [0.2, 0.25) is 0 Å². The van der Waals surface area contributed by atoms with Gasteiger partial charge in [0.25, 0.3) is 0 Å². The molecular weight excluding hydrogens is 601 g/mol. The Hall–Kier alpha value is 0.150. The topological polar surface area (TPSA) is 92.4 Å². The van der Waals surface area contributed by atoms with Crippen LogP contribution in [0.4, 0.5) is 11.4 Å². The van der Waals surface area contributed by atoms with Gasteiger partial charge in [0.15, 0.2) is 5.78 Å². The second kappa shape index (κ2) is 7.42. The molecule has 1 aromatic rings. The minimum Gasteiger partial charge on any atom is -0.481 e. The summed E-state index contributed by atoms with van der Waals surface area (Å²) in [6.45, 7) is 2.89. The lowest BCUT2D eigenvalue weighted by molar-refractivity contribution is -0.143. The van der Waals surface area contributed by atoms with Crippen LogP contribution in [0.3, 0.4) is 0 Å². The minimum atomic E-state index is -1.01. The Bertz CT molecular complexity index is 563. The lowest BCUT2D eigenvalue weighted by Crippen LogP contribution is -2.38. The molecule has 0 saturated carbocycles. The molecule has 0 bridgehead atoms. The van der Waals surface area contributed by atoms with Crippen molar-refractivity contribution < 1.29 is 14.7 Å². The molecule has 2 atom stereocenters. The number of hydrogen-bond donors (Lipinski definition) is 3. The predicted octanol–water partition coefficient (Wildman–Crippen LogP) is 3.17. The standard InChI is InChI=1S/C12H13I3N2O3/c1-4(12(19)20)10(5(2)18)17-11-7(14)3-6(13)9(16)8(11)15/h3-4,10,17H,16H2,1-2H3,(H,19,20). The average molecular weight is 614 g/mol. The quantitative estimate of drug-likeness (QED) is 0.351. The third-order valence-corrected chi connectivity index (χ3v) is 5.70. The zero-order valence-corrected chi connectivity index (χ0v) is 17.2. The second-order valence-corrected chi connectivity index (χ2v) is 7.71. The first-order valence-electron chi connectivity index (χ1n) is 5.59. The summed E-state index contributed by atoms with van der Waals surface area (Å²) in [7, 11) is 0. The zero-order chi connectivity index (χ0) is 15.6. The van der Waals surface area contributed by atoms with E-state index in [1.165, 1.54) is 13.8 Å². The van der Waals surface area contributed by atoms with Crippen molar-refractivity contribution in [1.29, 1.82) is 0 Å². The number of nitrogens with two attached hydrogens (primary N) is 1. The van der Waals surface area contributed by atoms with E-state index in [4.69, 9.17) is 10.8 Å². The van der Waals surface area contributed by atoms with Crippen LogP contribution in [-0.2, 0) is 9.59 Å². The summed E-state index contributed by atoms with van der Waals surface area (Å²) in [5.41, 5.74) is 7.31. The average Bonchev–Trinajstić information content (AvgIpc) is 2.35. The van der Waals surface area contributed by atoms with Gasteiger partial charge in [-0.2, -0.15) is 0 Å². The molecule has 0 fully saturated rings. The number of aliphatic carboxylic acids is 1. The van der Waals surface area contributed by atoms with Crippen molar-refractivity contribution in [1.82, 2.24) is 0 Å². The first-order valence-corrected chi connectivity index (χ1v) is 8.83. The Morgan fingerprint density at radius 2 is 1.85 bits per heavy atom. The molecule has 0 aliphatic carbocycles. The summed E-state index contributed by atoms with van der Waals surface area (Å²) >= 11 is 6.38. The molecular formula is C12H13I3N2O3. The number of carboxylic acids is 1. The molecule has 0 aromatic heterocycles. The molecule has 0 aliphatic rings. The number of anilines is 2. The van der Waals surface area contributed by atoms with Crippen LogP contribution in [0.15, 0.2) is 6.07 Å². The van der Waals surface area contributed by atoms with Gasteiger partial charge < -0.3 is 16.2 Å². The monoisotopic (exact) mass is 614 g/mol. The van der Waals surface area contributed by atoms with Gasteiger partial charge in [-0.25, -0.2) is 0 Å². The lowest BCUT2D eigenvalue weighted by atomic mass is 9.98. The van der Waals surface area contributed by atoms with Crippen molar-refractivity contribution in [3.8, 4) is 0 Å². The summed E-state index contributed by atoms with van der Waals surface area (Å²) in [6, 6.07) is 1.11. The van der Waals surface area contributed by atoms with Gasteiger partial charge in [-0.3, -0.25) is 9.59 Å². The number of halogens is 3. The van der Waals surface area contributed by atoms with Gasteiger partial charge in [0, 0.05) is 7.14 Å². The first kappa shape index (κ1) is 18.2. The highest BCUT2D eigenvalue weighted by Crippen LogP contribution is 2.34. The Morgan fingerprint density at radius 1 is 1.30 bits per heavy atom. The molecule has 0 radical (unpaired) electrons. The van der Waals surface area contributed by atoms with E-state index in [2.05, 4.69) is 73.1 Å². The number of nitrogen functional groups attached to an aromatic ring is 1. The molecule has 8 heteroatoms. The van der Waals surface area contributed by atoms with Crippen LogP contribution in [0.1, 0.15) is 13.8 Å². The van der Waals surface area contributed by atoms with Crippen LogP contribution in [0.25, 0.3) is 0 Å². The highest BCUT2D eigenvalue weighted by Gasteiger charge is 2.29. The van der Waals surface area contributed by atoms with Gasteiger partial charge in [-0.05, 0) is 87.7 Å². The molecule has 0 spiro atoms. The van der Waals surface area contributed by atoms with Crippen molar-refractivity contribution in [2.24, 2.45) is 5.92 Å². The SMILES string of the molecule is CC(=O)C(Nc1c(I)cc(I)c(N)c1I)C(C)C(=O)O. The molecule has 2 unspecified atom stereocenters. The van der Waals surface area contributed by atoms with Crippen LogP contribution < -0.4 is 11.1 Å². The summed E-state index contributed by atoms with van der Waals surface area (Å²) in [5, 5.41) is 12.1. The fraction of sp³-hybridized carbons (Fsp3) is 0.333. The summed E-state index contributed by atoms with van der Waals surface area (Å²) < 4.78 is 2.62. The van der Waals surface area contributed by atoms with E-state index >= 15 is 0 Å². The van der Waals surface area contributed by atoms with Crippen LogP contribution in [0.5, 0.6) is 0 Å². The van der Waals surface area contributed by atoms with Gasteiger partial charge in [0.1, 0.15) is 0 Å². The molecule has 0 heterocycles. The number of carbonyl (C=O) groups is 2. The highest BCUT2D eigenvalue weighted by atomic mass is 127. The molecule has 0 aliphatic heterocycles. The van der Waals surface area contributed by atoms with Gasteiger partial charge in [0.05, 0.1) is 26.9 Å². The number of carbonyl (C=O) groups excluding carboxylic acids is 1. The molecule has 1 aromatic carbocycles. The fourth-order valence-electron chi connectivity index (χ4n) is 1.61. The lowest BCUT2D eigenvalue weighted by Gasteiger charge is -2.23. The molecule has 0 amide bonds. The maximum atomic E-state index is 11.7. The maximum Gasteiger partial charge on any atom is 0.308 e. The van der Waals surface area contributed by atoms with E-state index in [9.17, 15) is 9.59 Å². The van der Waals surface area contributed by atoms with Crippen molar-refractivity contribution in [3.63, 3.8) is 0 Å². The van der Waals surface area contributed by atoms with Gasteiger partial charge >= 0.3 is 5.97 Å². The highest BCUT2D eigenvalue weighted by molar-refractivity contribution is 14.1. The van der Waals surface area contributed by atoms with Crippen molar-refractivity contribution in [2.45, 2.75) is 19.9 Å². The van der Waals surface area contributed by atoms with Crippen LogP contribution in [-0.4, -0.2) is 22.9 Å². The number of benzene rings is 1. The zero-order valence-electron chi connectivity index (χ0n) is 10.7. The van der Waals surface area contributed by atoms with Gasteiger partial charge in [-0.1, -0.05) is 0 Å². The summed E-state index contributed by atoms with van der Waals surface area (Å²) in [5.74, 6) is -2.05. The van der Waals surface area contributed by atoms with E-state index in [0.29, 0.717) is 11.4 Å². The van der Waals surface area contributed by atoms with Gasteiger partial charge in [-0.15, -0.1) is 0 Å². The van der Waals surface area contributed by atoms with E-state index in [1.807, 2.05) is 6.07 Å². The fourth-order valence-corrected chi connectivity index (χ4v) is 5.30. The van der Waals surface area contributed by atoms with E-state index in [0.717, 1.165) is 10.7 Å². The smallest absolute Gasteiger partial charge is 0.308 e. The van der Waals surface area contributed by atoms with E-state index in [-0.39, 0.29) is 5.78 Å². The Balaban J connectivity index is 3.22. The maximum absolute atomic E-state index is 11.7. The Labute approximate surface area is 157 Å². The Kier molecular flexibility index (Phi) is 6.76. The van der Waals surface area contributed by atoms with E-state index < -0.39 is 17.9 Å². The molecule has 0 saturated heterocycles. The number of Topliss-reactive ketones (excluding diaryl/α,β-unsaturated/α-hetero) is 1. The molecule has 110 valence electrons. The van der Waals surface area contributed by atoms with Crippen LogP contribution >= 0.6 is 67.8 Å². The molecule has 1 rings (SSSR count). The second-order valence-electron chi connectivity index (χ2n) is 4.30. The number of hydrogen-bond acceptors (Lipinski definition) is 4. The molecule has 5 nitrogen and oxygen atoms in total. The van der Waals surface area contributed by atoms with Crippen LogP contribution in [0, 0.1) is 16.6 Å². The number of rotatable bonds is 5. The third kappa shape index (κ3) is 4.08. The summed E-state index contributed by atoms with van der Waals surface area (Å²) in [6.07, 6.45) is 0. The summed E-state index contributed by atoms with van der Waals surface area (Å²) in [4.78, 5) is 22.8. The van der Waals surface area contributed by atoms with Crippen molar-refractivity contribution in [2.75, 3.05) is 11.1 Å². The predicted molar refractivity (Wildman–Crippen MR) is 104 cm³/mol. The van der Waals surface area contributed by atoms with Crippen LogP contribution in [0.2, 0.25) is 0 Å². The molecule has 4 N–H and O–H groups in total. The minimum absolute atomic E-state index is 0.219. The Morgan fingerprint density at radius 3 is 2.30 bits per heavy atom. The number of nitrogens with one attached hydrogen (secondary N) is 1. The first-order chi connectivity index (χ1) is 9.16. The van der Waals surface area contributed by atoms with Crippen molar-refractivity contribution >= 4 is 90.9 Å². The number of carboxylic acid groups (broad SMARTS) is 1. The normalized spacial score (nSPS) is 13.7. The number of ketones is 1. The third-order valence-electron chi connectivity index (χ3n) is 2.83. The van der Waals surface area contributed by atoms with E-state index in [1.54, 1.807) is 0 Å². The molecule has 20 heavy (non-hydrogen) atoms.